The minimum Gasteiger partial charge on any atom is -0.365 e. The predicted octanol–water partition coefficient (Wildman–Crippen LogP) is 1.41. The molecule has 1 aromatic heterocycles. The van der Waals surface area contributed by atoms with Gasteiger partial charge in [-0.3, -0.25) is 0 Å². The van der Waals surface area contributed by atoms with Gasteiger partial charge in [0, 0.05) is 13.1 Å². The molecule has 0 amide bonds. The second kappa shape index (κ2) is 6.16. The van der Waals surface area contributed by atoms with E-state index in [1.54, 1.807) is 6.20 Å². The van der Waals surface area contributed by atoms with Gasteiger partial charge < -0.3 is 11.1 Å². The summed E-state index contributed by atoms with van der Waals surface area (Å²) in [6.45, 7) is 4.33. The number of hydrogen-bond donors (Lipinski definition) is 2. The topological polar surface area (TPSA) is 68.8 Å². The lowest BCUT2D eigenvalue weighted by Gasteiger charge is -2.07. The van der Waals surface area contributed by atoms with Crippen molar-refractivity contribution >= 4 is 5.82 Å². The van der Waals surface area contributed by atoms with Crippen molar-refractivity contribution in [2.24, 2.45) is 5.73 Å². The van der Waals surface area contributed by atoms with E-state index in [4.69, 9.17) is 5.73 Å². The van der Waals surface area contributed by atoms with E-state index in [9.17, 15) is 0 Å². The lowest BCUT2D eigenvalue weighted by molar-refractivity contribution is 0.630. The van der Waals surface area contributed by atoms with Crippen molar-refractivity contribution in [3.8, 4) is 0 Å². The van der Waals surface area contributed by atoms with Crippen LogP contribution in [0.1, 0.15) is 18.1 Å². The molecule has 0 radical (unpaired) electrons. The Morgan fingerprint density at radius 2 is 1.94 bits per heavy atom. The normalized spacial score (nSPS) is 10.6. The summed E-state index contributed by atoms with van der Waals surface area (Å²) >= 11 is 0. The molecule has 0 aliphatic heterocycles. The molecule has 0 unspecified atom stereocenters. The molecule has 1 heterocycles. The fourth-order valence-corrected chi connectivity index (χ4v) is 1.81. The zero-order valence-corrected chi connectivity index (χ0v) is 10.6. The molecule has 0 fully saturated rings. The standard InChI is InChI=1S/C13H19N5/c1-2-18-13(10-16-17-18)15-9-12-5-3-11(4-6-12)7-8-14/h3-6,10,15H,2,7-9,14H2,1H3. The highest BCUT2D eigenvalue weighted by molar-refractivity contribution is 5.33. The average Bonchev–Trinajstić information content (AvgIpc) is 2.86. The summed E-state index contributed by atoms with van der Waals surface area (Å²) in [6.07, 6.45) is 2.67. The van der Waals surface area contributed by atoms with Crippen LogP contribution in [0.25, 0.3) is 0 Å². The second-order valence-corrected chi connectivity index (χ2v) is 4.14. The van der Waals surface area contributed by atoms with Gasteiger partial charge in [-0.2, -0.15) is 0 Å². The first kappa shape index (κ1) is 12.6. The number of nitrogens with zero attached hydrogens (tertiary/aromatic N) is 3. The van der Waals surface area contributed by atoms with Gasteiger partial charge in [0.1, 0.15) is 5.82 Å². The molecule has 0 bridgehead atoms. The van der Waals surface area contributed by atoms with Crippen LogP contribution in [0.4, 0.5) is 5.82 Å². The van der Waals surface area contributed by atoms with E-state index >= 15 is 0 Å². The largest absolute Gasteiger partial charge is 0.365 e. The lowest BCUT2D eigenvalue weighted by Crippen LogP contribution is -2.07. The van der Waals surface area contributed by atoms with Crippen molar-refractivity contribution in [1.82, 2.24) is 15.0 Å². The Hall–Kier alpha value is -1.88. The van der Waals surface area contributed by atoms with Gasteiger partial charge in [0.25, 0.3) is 0 Å². The average molecular weight is 245 g/mol. The quantitative estimate of drug-likeness (QED) is 0.807. The van der Waals surface area contributed by atoms with Crippen LogP contribution in [0.15, 0.2) is 30.5 Å². The number of aryl methyl sites for hydroxylation is 1. The molecule has 1 aromatic carbocycles. The van der Waals surface area contributed by atoms with Gasteiger partial charge in [0.2, 0.25) is 0 Å². The van der Waals surface area contributed by atoms with E-state index in [0.717, 1.165) is 25.3 Å². The summed E-state index contributed by atoms with van der Waals surface area (Å²) in [7, 11) is 0. The molecule has 0 aliphatic rings. The fourth-order valence-electron chi connectivity index (χ4n) is 1.81. The third kappa shape index (κ3) is 3.07. The first-order chi connectivity index (χ1) is 8.83. The molecule has 2 aromatic rings. The summed E-state index contributed by atoms with van der Waals surface area (Å²) < 4.78 is 1.84. The summed E-state index contributed by atoms with van der Waals surface area (Å²) in [5.74, 6) is 0.948. The molecule has 0 saturated heterocycles. The van der Waals surface area contributed by atoms with Crippen LogP contribution in [0.5, 0.6) is 0 Å². The van der Waals surface area contributed by atoms with Crippen LogP contribution < -0.4 is 11.1 Å². The minimum atomic E-state index is 0.693. The SMILES string of the molecule is CCn1nncc1NCc1ccc(CCN)cc1. The van der Waals surface area contributed by atoms with Crippen molar-refractivity contribution in [3.63, 3.8) is 0 Å². The molecular formula is C13H19N5. The number of hydrogen-bond acceptors (Lipinski definition) is 4. The fraction of sp³-hybridized carbons (Fsp3) is 0.385. The van der Waals surface area contributed by atoms with Gasteiger partial charge in [0.15, 0.2) is 0 Å². The van der Waals surface area contributed by atoms with E-state index in [2.05, 4.69) is 39.9 Å². The van der Waals surface area contributed by atoms with Crippen molar-refractivity contribution in [1.29, 1.82) is 0 Å². The van der Waals surface area contributed by atoms with Gasteiger partial charge in [-0.25, -0.2) is 4.68 Å². The Kier molecular flexibility index (Phi) is 4.30. The maximum Gasteiger partial charge on any atom is 0.145 e. The van der Waals surface area contributed by atoms with Crippen LogP contribution in [-0.4, -0.2) is 21.5 Å². The number of aromatic nitrogens is 3. The Morgan fingerprint density at radius 3 is 2.61 bits per heavy atom. The molecule has 0 saturated carbocycles. The Labute approximate surface area is 107 Å². The summed E-state index contributed by atoms with van der Waals surface area (Å²) in [5.41, 5.74) is 8.04. The molecule has 2 rings (SSSR count). The highest BCUT2D eigenvalue weighted by Crippen LogP contribution is 2.09. The first-order valence-electron chi connectivity index (χ1n) is 6.23. The van der Waals surface area contributed by atoms with E-state index in [-0.39, 0.29) is 0 Å². The molecule has 5 heteroatoms. The van der Waals surface area contributed by atoms with Crippen molar-refractivity contribution in [3.05, 3.63) is 41.6 Å². The number of benzene rings is 1. The van der Waals surface area contributed by atoms with E-state index in [1.807, 2.05) is 11.6 Å². The molecule has 0 spiro atoms. The third-order valence-corrected chi connectivity index (χ3v) is 2.85. The maximum atomic E-state index is 5.52. The molecular weight excluding hydrogens is 226 g/mol. The zero-order chi connectivity index (χ0) is 12.8. The molecule has 96 valence electrons. The van der Waals surface area contributed by atoms with Crippen molar-refractivity contribution in [2.45, 2.75) is 26.4 Å². The summed E-state index contributed by atoms with van der Waals surface area (Å²) in [6, 6.07) is 8.49. The van der Waals surface area contributed by atoms with E-state index in [1.165, 1.54) is 11.1 Å². The zero-order valence-electron chi connectivity index (χ0n) is 10.6. The van der Waals surface area contributed by atoms with Gasteiger partial charge in [-0.1, -0.05) is 29.5 Å². The van der Waals surface area contributed by atoms with Gasteiger partial charge in [-0.15, -0.1) is 5.10 Å². The van der Waals surface area contributed by atoms with Gasteiger partial charge >= 0.3 is 0 Å². The Morgan fingerprint density at radius 1 is 1.22 bits per heavy atom. The van der Waals surface area contributed by atoms with E-state index in [0.29, 0.717) is 6.54 Å². The van der Waals surface area contributed by atoms with Crippen LogP contribution in [0.3, 0.4) is 0 Å². The summed E-state index contributed by atoms with van der Waals surface area (Å²) in [5, 5.41) is 11.2. The number of rotatable bonds is 6. The highest BCUT2D eigenvalue weighted by Gasteiger charge is 2.01. The number of nitrogens with two attached hydrogens (primary N) is 1. The molecule has 3 N–H and O–H groups in total. The number of nitrogens with one attached hydrogen (secondary N) is 1. The molecule has 18 heavy (non-hydrogen) atoms. The van der Waals surface area contributed by atoms with Crippen molar-refractivity contribution in [2.75, 3.05) is 11.9 Å². The second-order valence-electron chi connectivity index (χ2n) is 4.14. The predicted molar refractivity (Wildman–Crippen MR) is 72.2 cm³/mol. The van der Waals surface area contributed by atoms with Crippen LogP contribution in [-0.2, 0) is 19.5 Å². The van der Waals surface area contributed by atoms with Crippen LogP contribution in [0.2, 0.25) is 0 Å². The molecule has 5 nitrogen and oxygen atoms in total. The smallest absolute Gasteiger partial charge is 0.145 e. The Balaban J connectivity index is 1.94. The maximum absolute atomic E-state index is 5.52. The third-order valence-electron chi connectivity index (χ3n) is 2.85. The minimum absolute atomic E-state index is 0.693. The van der Waals surface area contributed by atoms with Gasteiger partial charge in [0.05, 0.1) is 6.20 Å². The highest BCUT2D eigenvalue weighted by atomic mass is 15.4. The van der Waals surface area contributed by atoms with Gasteiger partial charge in [-0.05, 0) is 31.0 Å². The van der Waals surface area contributed by atoms with Crippen LogP contribution >= 0.6 is 0 Å². The van der Waals surface area contributed by atoms with Crippen molar-refractivity contribution < 1.29 is 0 Å². The first-order valence-corrected chi connectivity index (χ1v) is 6.23. The van der Waals surface area contributed by atoms with Crippen LogP contribution in [0, 0.1) is 0 Å². The lowest BCUT2D eigenvalue weighted by atomic mass is 10.1. The Bertz CT molecular complexity index is 474. The molecule has 0 aliphatic carbocycles. The monoisotopic (exact) mass is 245 g/mol. The summed E-state index contributed by atoms with van der Waals surface area (Å²) in [4.78, 5) is 0. The van der Waals surface area contributed by atoms with E-state index < -0.39 is 0 Å². The number of anilines is 1. The molecule has 0 atom stereocenters.